The molecule has 1 unspecified atom stereocenters. The van der Waals surface area contributed by atoms with Gasteiger partial charge < -0.3 is 0 Å². The van der Waals surface area contributed by atoms with Crippen LogP contribution in [0.2, 0.25) is 17.3 Å². The molecule has 2 aliphatic heterocycles. The first-order valence-corrected chi connectivity index (χ1v) is 25.4. The van der Waals surface area contributed by atoms with Gasteiger partial charge in [-0.15, -0.1) is 0 Å². The number of pyridine rings is 2. The van der Waals surface area contributed by atoms with Crippen LogP contribution in [0.25, 0.3) is 76.8 Å². The van der Waals surface area contributed by atoms with Gasteiger partial charge in [-0.25, -0.2) is 0 Å². The first kappa shape index (κ1) is 28.4. The number of aromatic nitrogens is 2. The van der Waals surface area contributed by atoms with Crippen molar-refractivity contribution in [3.63, 3.8) is 0 Å². The standard InChI is InChI=1S/C47H38GeN2O/c1-28(2)29-24-25-49-41(26-29)45-39(47(49)38-17-11-10-16-36(38)40-22-18-30(27-50(40)47)48(3,4)5)21-19-37-44-42(51-46(37)45)23-20-35-33-14-7-6-12-31(33)32-13-8-9-15-34(32)43(35)44/h6-28H,1-5H3/q+2/i28D. The molecule has 5 heterocycles. The molecule has 2 aliphatic rings. The molecule has 0 aliphatic carbocycles. The predicted molar refractivity (Wildman–Crippen MR) is 213 cm³/mol. The van der Waals surface area contributed by atoms with Gasteiger partial charge in [-0.3, -0.25) is 0 Å². The van der Waals surface area contributed by atoms with Crippen molar-refractivity contribution in [2.75, 3.05) is 0 Å². The minimum atomic E-state index is -2.24. The van der Waals surface area contributed by atoms with Gasteiger partial charge in [0.25, 0.3) is 0 Å². The molecule has 11 rings (SSSR count). The molecule has 6 aromatic carbocycles. The molecule has 9 aromatic rings. The Morgan fingerprint density at radius 3 is 2.04 bits per heavy atom. The molecular weight excluding hydrogens is 681 g/mol. The summed E-state index contributed by atoms with van der Waals surface area (Å²) in [6.07, 6.45) is 4.69. The summed E-state index contributed by atoms with van der Waals surface area (Å²) in [4.78, 5) is 0. The van der Waals surface area contributed by atoms with E-state index in [1.54, 1.807) is 0 Å². The maximum absolute atomic E-state index is 9.10. The molecule has 3 nitrogen and oxygen atoms in total. The van der Waals surface area contributed by atoms with E-state index in [0.29, 0.717) is 0 Å². The first-order valence-electron chi connectivity index (χ1n) is 18.5. The zero-order valence-corrected chi connectivity index (χ0v) is 31.6. The van der Waals surface area contributed by atoms with Crippen molar-refractivity contribution in [1.82, 2.24) is 0 Å². The van der Waals surface area contributed by atoms with Crippen LogP contribution in [-0.2, 0) is 5.66 Å². The van der Waals surface area contributed by atoms with Crippen molar-refractivity contribution < 1.29 is 14.9 Å². The SMILES string of the molecule is [2H]C(C)(C)c1cc[n+]2c(c1)-c1c(ccc3c1oc1ccc4c5ccccc5c5ccccc5c4c13)C21c2ccccc2-c2cc[c]([Ge]([CH3])([CH3])[CH3])c[n+]21. The average molecular weight is 720 g/mol. The Morgan fingerprint density at radius 1 is 0.627 bits per heavy atom. The average Bonchev–Trinajstić information content (AvgIpc) is 3.77. The normalized spacial score (nSPS) is 16.7. The van der Waals surface area contributed by atoms with Gasteiger partial charge in [0.05, 0.1) is 0 Å². The number of nitrogens with zero attached hydrogens (tertiary/aromatic N) is 2. The van der Waals surface area contributed by atoms with E-state index in [1.165, 1.54) is 59.1 Å². The molecule has 1 atom stereocenters. The van der Waals surface area contributed by atoms with Crippen molar-refractivity contribution in [3.05, 3.63) is 150 Å². The second-order valence-corrected chi connectivity index (χ2v) is 26.4. The Morgan fingerprint density at radius 2 is 1.29 bits per heavy atom. The number of benzene rings is 6. The van der Waals surface area contributed by atoms with E-state index in [-0.39, 0.29) is 0 Å². The van der Waals surface area contributed by atoms with E-state index < -0.39 is 24.8 Å². The molecule has 0 fully saturated rings. The van der Waals surface area contributed by atoms with E-state index in [2.05, 4.69) is 160 Å². The van der Waals surface area contributed by atoms with Gasteiger partial charge >= 0.3 is 255 Å². The Hall–Kier alpha value is -5.26. The Balaban J connectivity index is 1.33. The fraction of sp³-hybridized carbons (Fsp3) is 0.149. The number of hydrogen-bond acceptors (Lipinski definition) is 1. The molecular formula is C47H38GeN2O+2. The summed E-state index contributed by atoms with van der Waals surface area (Å²) in [5, 5.41) is 9.77. The summed E-state index contributed by atoms with van der Waals surface area (Å²) in [5.74, 6) is 6.64. The number of hydrogen-bond donors (Lipinski definition) is 0. The Labute approximate surface area is 301 Å². The molecule has 0 N–H and O–H groups in total. The summed E-state index contributed by atoms with van der Waals surface area (Å²) in [7, 11) is 0. The summed E-state index contributed by atoms with van der Waals surface area (Å²) in [5.41, 5.74) is 9.24. The van der Waals surface area contributed by atoms with Crippen molar-refractivity contribution >= 4 is 71.9 Å². The molecule has 0 amide bonds. The third kappa shape index (κ3) is 3.65. The van der Waals surface area contributed by atoms with Gasteiger partial charge in [0.1, 0.15) is 0 Å². The van der Waals surface area contributed by atoms with Crippen LogP contribution in [0, 0.1) is 0 Å². The Kier molecular flexibility index (Phi) is 5.55. The zero-order valence-electron chi connectivity index (χ0n) is 30.5. The van der Waals surface area contributed by atoms with Crippen LogP contribution in [0.3, 0.4) is 0 Å². The molecule has 0 bridgehead atoms. The van der Waals surface area contributed by atoms with E-state index in [0.717, 1.165) is 38.8 Å². The molecule has 51 heavy (non-hydrogen) atoms. The Bertz CT molecular complexity index is 3020. The predicted octanol–water partition coefficient (Wildman–Crippen LogP) is 10.5. The molecule has 244 valence electrons. The molecule has 0 saturated heterocycles. The molecule has 3 aromatic heterocycles. The van der Waals surface area contributed by atoms with Crippen LogP contribution in [0.15, 0.2) is 138 Å². The number of rotatable bonds is 2. The first-order chi connectivity index (χ1) is 25.1. The van der Waals surface area contributed by atoms with Crippen molar-refractivity contribution in [1.29, 1.82) is 0 Å². The van der Waals surface area contributed by atoms with Gasteiger partial charge in [0, 0.05) is 0 Å². The molecule has 0 saturated carbocycles. The summed E-state index contributed by atoms with van der Waals surface area (Å²) < 4.78 is 22.7. The van der Waals surface area contributed by atoms with Crippen LogP contribution in [-0.4, -0.2) is 13.3 Å². The second-order valence-electron chi connectivity index (χ2n) is 15.7. The third-order valence-corrected chi connectivity index (χ3v) is 16.0. The molecule has 1 spiro atoms. The van der Waals surface area contributed by atoms with E-state index >= 15 is 0 Å². The third-order valence-electron chi connectivity index (χ3n) is 11.8. The van der Waals surface area contributed by atoms with Crippen LogP contribution in [0.4, 0.5) is 0 Å². The minimum absolute atomic E-state index is 0.650. The fourth-order valence-corrected chi connectivity index (χ4v) is 11.7. The number of fused-ring (bicyclic) bond motifs is 21. The van der Waals surface area contributed by atoms with Crippen LogP contribution >= 0.6 is 0 Å². The van der Waals surface area contributed by atoms with Crippen molar-refractivity contribution in [2.24, 2.45) is 0 Å². The molecule has 4 heteroatoms. The number of furan rings is 1. The maximum atomic E-state index is 9.10. The second kappa shape index (κ2) is 9.95. The van der Waals surface area contributed by atoms with E-state index in [1.807, 2.05) is 13.8 Å². The van der Waals surface area contributed by atoms with Crippen LogP contribution in [0.5, 0.6) is 0 Å². The molecule has 0 radical (unpaired) electrons. The topological polar surface area (TPSA) is 20.9 Å². The van der Waals surface area contributed by atoms with Crippen LogP contribution < -0.4 is 13.5 Å². The van der Waals surface area contributed by atoms with Crippen molar-refractivity contribution in [2.45, 2.75) is 42.7 Å². The van der Waals surface area contributed by atoms with Crippen LogP contribution in [0.1, 0.15) is 37.8 Å². The summed E-state index contributed by atoms with van der Waals surface area (Å²) in [6.45, 7) is 3.95. The van der Waals surface area contributed by atoms with E-state index in [9.17, 15) is 0 Å². The van der Waals surface area contributed by atoms with Gasteiger partial charge in [-0.05, 0) is 5.39 Å². The quantitative estimate of drug-likeness (QED) is 0.0990. The van der Waals surface area contributed by atoms with Gasteiger partial charge in [-0.2, -0.15) is 0 Å². The summed E-state index contributed by atoms with van der Waals surface area (Å²) in [6, 6.07) is 44.7. The van der Waals surface area contributed by atoms with Gasteiger partial charge in [-0.1, -0.05) is 42.5 Å². The monoisotopic (exact) mass is 721 g/mol. The van der Waals surface area contributed by atoms with Crippen molar-refractivity contribution in [3.8, 4) is 22.5 Å². The van der Waals surface area contributed by atoms with E-state index in [4.69, 9.17) is 5.79 Å². The van der Waals surface area contributed by atoms with Gasteiger partial charge in [0.2, 0.25) is 0 Å². The van der Waals surface area contributed by atoms with Gasteiger partial charge in [0.15, 0.2) is 0 Å². The fourth-order valence-electron chi connectivity index (χ4n) is 9.38. The zero-order chi connectivity index (χ0) is 35.3. The summed E-state index contributed by atoms with van der Waals surface area (Å²) >= 11 is -2.24.